The molecule has 132 valence electrons. The van der Waals surface area contributed by atoms with Gasteiger partial charge in [-0.1, -0.05) is 12.1 Å². The van der Waals surface area contributed by atoms with Crippen LogP contribution in [0.15, 0.2) is 48.9 Å². The van der Waals surface area contributed by atoms with Crippen LogP contribution in [-0.2, 0) is 6.54 Å². The number of hydrogen-bond donors (Lipinski definition) is 1. The third kappa shape index (κ3) is 3.49. The Kier molecular flexibility index (Phi) is 4.73. The van der Waals surface area contributed by atoms with Crippen LogP contribution in [0.4, 0.5) is 5.82 Å². The summed E-state index contributed by atoms with van der Waals surface area (Å²) in [6, 6.07) is 9.50. The number of amides is 1. The number of fused-ring (bicyclic) bond motifs is 1. The molecule has 0 atom stereocenters. The maximum atomic E-state index is 12.5. The van der Waals surface area contributed by atoms with Crippen LogP contribution in [-0.4, -0.2) is 33.9 Å². The van der Waals surface area contributed by atoms with E-state index in [9.17, 15) is 4.79 Å². The normalized spacial score (nSPS) is 14.4. The fourth-order valence-corrected chi connectivity index (χ4v) is 3.28. The van der Waals surface area contributed by atoms with E-state index in [1.54, 1.807) is 18.5 Å². The topological polar surface area (TPSA) is 71.0 Å². The van der Waals surface area contributed by atoms with Crippen molar-refractivity contribution in [2.45, 2.75) is 25.8 Å². The number of nitrogens with one attached hydrogen (secondary N) is 1. The summed E-state index contributed by atoms with van der Waals surface area (Å²) in [5.74, 6) is 0.861. The molecular weight excluding hydrogens is 326 g/mol. The lowest BCUT2D eigenvalue weighted by Gasteiger charge is -2.27. The van der Waals surface area contributed by atoms with Gasteiger partial charge in [-0.05, 0) is 43.0 Å². The number of rotatable bonds is 4. The van der Waals surface area contributed by atoms with Gasteiger partial charge in [0.05, 0.1) is 11.1 Å². The molecule has 1 amide bonds. The lowest BCUT2D eigenvalue weighted by Crippen LogP contribution is -2.30. The van der Waals surface area contributed by atoms with Crippen LogP contribution in [0, 0.1) is 0 Å². The minimum absolute atomic E-state index is 0.156. The fraction of sp³-hybridized carbons (Fsp3) is 0.300. The van der Waals surface area contributed by atoms with Gasteiger partial charge in [0.1, 0.15) is 11.3 Å². The molecule has 1 fully saturated rings. The molecule has 1 saturated heterocycles. The summed E-state index contributed by atoms with van der Waals surface area (Å²) in [6.45, 7) is 2.58. The summed E-state index contributed by atoms with van der Waals surface area (Å²) < 4.78 is 0. The van der Waals surface area contributed by atoms with E-state index in [1.165, 1.54) is 19.3 Å². The molecule has 0 bridgehead atoms. The highest BCUT2D eigenvalue weighted by atomic mass is 16.1. The van der Waals surface area contributed by atoms with Crippen molar-refractivity contribution in [3.63, 3.8) is 0 Å². The second kappa shape index (κ2) is 7.47. The van der Waals surface area contributed by atoms with Crippen LogP contribution in [0.1, 0.15) is 35.2 Å². The van der Waals surface area contributed by atoms with Crippen molar-refractivity contribution >= 4 is 22.8 Å². The van der Waals surface area contributed by atoms with Gasteiger partial charge in [-0.25, -0.2) is 4.98 Å². The first-order valence-electron chi connectivity index (χ1n) is 8.99. The predicted octanol–water partition coefficient (Wildman–Crippen LogP) is 2.95. The van der Waals surface area contributed by atoms with Gasteiger partial charge in [-0.15, -0.1) is 0 Å². The first-order valence-corrected chi connectivity index (χ1v) is 8.99. The molecule has 0 spiro atoms. The maximum absolute atomic E-state index is 12.5. The van der Waals surface area contributed by atoms with Gasteiger partial charge in [-0.3, -0.25) is 14.8 Å². The highest BCUT2D eigenvalue weighted by Gasteiger charge is 2.13. The molecule has 0 aliphatic carbocycles. The molecule has 3 aromatic rings. The molecule has 6 nitrogen and oxygen atoms in total. The van der Waals surface area contributed by atoms with Gasteiger partial charge in [0, 0.05) is 38.2 Å². The predicted molar refractivity (Wildman–Crippen MR) is 101 cm³/mol. The number of para-hydroxylation sites is 1. The second-order valence-corrected chi connectivity index (χ2v) is 6.48. The fourth-order valence-electron chi connectivity index (χ4n) is 3.28. The summed E-state index contributed by atoms with van der Waals surface area (Å²) >= 11 is 0. The molecule has 0 unspecified atom stereocenters. The molecule has 2 aromatic heterocycles. The standard InChI is InChI=1S/C20H21N5O/c26-20(16-5-4-6-17-19(16)22-10-9-21-17)24-14-15-7-8-18(23-13-15)25-11-2-1-3-12-25/h4-10,13H,1-3,11-12,14H2,(H,24,26). The monoisotopic (exact) mass is 347 g/mol. The zero-order valence-corrected chi connectivity index (χ0v) is 14.6. The lowest BCUT2D eigenvalue weighted by molar-refractivity contribution is 0.0952. The van der Waals surface area contributed by atoms with E-state index < -0.39 is 0 Å². The molecule has 1 aromatic carbocycles. The number of benzene rings is 1. The van der Waals surface area contributed by atoms with Gasteiger partial charge in [0.25, 0.3) is 5.91 Å². The lowest BCUT2D eigenvalue weighted by atomic mass is 10.1. The van der Waals surface area contributed by atoms with Crippen LogP contribution in [0.25, 0.3) is 11.0 Å². The Morgan fingerprint density at radius 1 is 1.00 bits per heavy atom. The number of carbonyl (C=O) groups is 1. The molecule has 4 rings (SSSR count). The van der Waals surface area contributed by atoms with Gasteiger partial charge in [0.15, 0.2) is 0 Å². The number of carbonyl (C=O) groups excluding carboxylic acids is 1. The smallest absolute Gasteiger partial charge is 0.253 e. The summed E-state index contributed by atoms with van der Waals surface area (Å²) in [5.41, 5.74) is 2.85. The van der Waals surface area contributed by atoms with Gasteiger partial charge < -0.3 is 10.2 Å². The summed E-state index contributed by atoms with van der Waals surface area (Å²) in [5, 5.41) is 2.95. The van der Waals surface area contributed by atoms with E-state index in [0.29, 0.717) is 23.1 Å². The molecule has 0 radical (unpaired) electrons. The largest absolute Gasteiger partial charge is 0.357 e. The molecular formula is C20H21N5O. The van der Waals surface area contributed by atoms with Crippen molar-refractivity contribution in [3.05, 3.63) is 60.0 Å². The molecule has 6 heteroatoms. The van der Waals surface area contributed by atoms with Gasteiger partial charge >= 0.3 is 0 Å². The molecule has 26 heavy (non-hydrogen) atoms. The number of pyridine rings is 1. The number of aromatic nitrogens is 3. The van der Waals surface area contributed by atoms with Crippen LogP contribution >= 0.6 is 0 Å². The maximum Gasteiger partial charge on any atom is 0.253 e. The van der Waals surface area contributed by atoms with Crippen molar-refractivity contribution < 1.29 is 4.79 Å². The van der Waals surface area contributed by atoms with Gasteiger partial charge in [0.2, 0.25) is 0 Å². The van der Waals surface area contributed by atoms with E-state index >= 15 is 0 Å². The third-order valence-electron chi connectivity index (χ3n) is 4.69. The van der Waals surface area contributed by atoms with Crippen LogP contribution < -0.4 is 10.2 Å². The molecule has 0 saturated carbocycles. The van der Waals surface area contributed by atoms with Gasteiger partial charge in [-0.2, -0.15) is 0 Å². The van der Waals surface area contributed by atoms with Crippen LogP contribution in [0.5, 0.6) is 0 Å². The van der Waals surface area contributed by atoms with Crippen molar-refractivity contribution in [1.82, 2.24) is 20.3 Å². The molecule has 1 N–H and O–H groups in total. The minimum Gasteiger partial charge on any atom is -0.357 e. The van der Waals surface area contributed by atoms with Crippen LogP contribution in [0.3, 0.4) is 0 Å². The quantitative estimate of drug-likeness (QED) is 0.786. The average molecular weight is 347 g/mol. The third-order valence-corrected chi connectivity index (χ3v) is 4.69. The first kappa shape index (κ1) is 16.4. The van der Waals surface area contributed by atoms with Crippen molar-refractivity contribution in [2.24, 2.45) is 0 Å². The molecule has 3 heterocycles. The Labute approximate surface area is 152 Å². The Balaban J connectivity index is 1.42. The number of piperidine rings is 1. The molecule has 1 aliphatic rings. The van der Waals surface area contributed by atoms with Crippen molar-refractivity contribution in [1.29, 1.82) is 0 Å². The Hall–Kier alpha value is -3.02. The number of hydrogen-bond acceptors (Lipinski definition) is 5. The summed E-state index contributed by atoms with van der Waals surface area (Å²) in [7, 11) is 0. The van der Waals surface area contributed by atoms with E-state index in [4.69, 9.17) is 0 Å². The Morgan fingerprint density at radius 2 is 1.85 bits per heavy atom. The first-order chi connectivity index (χ1) is 12.8. The second-order valence-electron chi connectivity index (χ2n) is 6.48. The van der Waals surface area contributed by atoms with Crippen LogP contribution in [0.2, 0.25) is 0 Å². The number of nitrogens with zero attached hydrogens (tertiary/aromatic N) is 4. The van der Waals surface area contributed by atoms with Crippen molar-refractivity contribution in [3.8, 4) is 0 Å². The average Bonchev–Trinajstić information content (AvgIpc) is 2.72. The van der Waals surface area contributed by atoms with E-state index in [2.05, 4.69) is 25.2 Å². The SMILES string of the molecule is O=C(NCc1ccc(N2CCCCC2)nc1)c1cccc2nccnc12. The van der Waals surface area contributed by atoms with Crippen molar-refractivity contribution in [2.75, 3.05) is 18.0 Å². The van der Waals surface area contributed by atoms with E-state index in [1.807, 2.05) is 30.5 Å². The Bertz CT molecular complexity index is 898. The zero-order valence-electron chi connectivity index (χ0n) is 14.6. The van der Waals surface area contributed by atoms with E-state index in [-0.39, 0.29) is 5.91 Å². The minimum atomic E-state index is -0.156. The number of anilines is 1. The summed E-state index contributed by atoms with van der Waals surface area (Å²) in [4.78, 5) is 27.9. The van der Waals surface area contributed by atoms with E-state index in [0.717, 1.165) is 24.5 Å². The Morgan fingerprint density at radius 3 is 2.65 bits per heavy atom. The molecule has 1 aliphatic heterocycles. The zero-order chi connectivity index (χ0) is 17.8. The highest BCUT2D eigenvalue weighted by Crippen LogP contribution is 2.18. The highest BCUT2D eigenvalue weighted by molar-refractivity contribution is 6.04. The summed E-state index contributed by atoms with van der Waals surface area (Å²) in [6.07, 6.45) is 8.83.